The van der Waals surface area contributed by atoms with E-state index in [1.54, 1.807) is 12.4 Å². The molecule has 1 unspecified atom stereocenters. The van der Waals surface area contributed by atoms with Gasteiger partial charge in [-0.25, -0.2) is 0 Å². The Balaban J connectivity index is 2.49. The van der Waals surface area contributed by atoms with Crippen LogP contribution in [-0.2, 0) is 9.59 Å². The van der Waals surface area contributed by atoms with Crippen LogP contribution in [0, 0.1) is 0 Å². The molecule has 1 atom stereocenters. The molecule has 1 rings (SSSR count). The molecule has 0 fully saturated rings. The second kappa shape index (κ2) is 6.78. The number of rotatable bonds is 6. The lowest BCUT2D eigenvalue weighted by Gasteiger charge is -2.13. The third kappa shape index (κ3) is 4.34. The average molecular weight is 234 g/mol. The van der Waals surface area contributed by atoms with Crippen molar-refractivity contribution in [2.75, 3.05) is 0 Å². The number of Topliss-reactive ketones (excluding diaryl/α,β-unsaturated/α-hetero) is 1. The number of hydrogen-bond acceptors (Lipinski definition) is 3. The Bertz CT molecular complexity index is 376. The van der Waals surface area contributed by atoms with Gasteiger partial charge in [0.05, 0.1) is 6.04 Å². The van der Waals surface area contributed by atoms with Crippen LogP contribution in [0.4, 0.5) is 0 Å². The van der Waals surface area contributed by atoms with E-state index in [2.05, 4.69) is 10.3 Å². The molecule has 1 N–H and O–H groups in total. The van der Waals surface area contributed by atoms with Crippen LogP contribution in [0.1, 0.15) is 44.7 Å². The predicted octanol–water partition coefficient (Wildman–Crippen LogP) is 2.02. The van der Waals surface area contributed by atoms with Gasteiger partial charge < -0.3 is 5.32 Å². The monoisotopic (exact) mass is 234 g/mol. The summed E-state index contributed by atoms with van der Waals surface area (Å²) in [7, 11) is 0. The van der Waals surface area contributed by atoms with Crippen molar-refractivity contribution in [1.29, 1.82) is 0 Å². The number of unbranched alkanes of at least 4 members (excludes halogenated alkanes) is 1. The quantitative estimate of drug-likeness (QED) is 0.766. The molecule has 0 aliphatic heterocycles. The molecule has 0 bridgehead atoms. The lowest BCUT2D eigenvalue weighted by atomic mass is 10.1. The van der Waals surface area contributed by atoms with Gasteiger partial charge in [-0.05, 0) is 31.0 Å². The SMILES string of the molecule is CCCCC(=O)C(=O)NC(C)c1ccncc1. The maximum atomic E-state index is 11.6. The molecule has 0 radical (unpaired) electrons. The van der Waals surface area contributed by atoms with Gasteiger partial charge in [0.25, 0.3) is 5.91 Å². The highest BCUT2D eigenvalue weighted by Gasteiger charge is 2.15. The van der Waals surface area contributed by atoms with E-state index in [9.17, 15) is 9.59 Å². The maximum Gasteiger partial charge on any atom is 0.287 e. The smallest absolute Gasteiger partial charge is 0.287 e. The summed E-state index contributed by atoms with van der Waals surface area (Å²) in [4.78, 5) is 26.9. The Kier molecular flexibility index (Phi) is 5.33. The Hall–Kier alpha value is -1.71. The van der Waals surface area contributed by atoms with Crippen molar-refractivity contribution in [1.82, 2.24) is 10.3 Å². The van der Waals surface area contributed by atoms with Crippen molar-refractivity contribution in [3.63, 3.8) is 0 Å². The summed E-state index contributed by atoms with van der Waals surface area (Å²) in [6, 6.07) is 3.47. The van der Waals surface area contributed by atoms with Crippen molar-refractivity contribution in [2.45, 2.75) is 39.2 Å². The number of pyridine rings is 1. The molecular weight excluding hydrogens is 216 g/mol. The highest BCUT2D eigenvalue weighted by atomic mass is 16.2. The van der Waals surface area contributed by atoms with E-state index in [0.29, 0.717) is 6.42 Å². The fourth-order valence-electron chi connectivity index (χ4n) is 1.46. The Morgan fingerprint density at radius 2 is 2.00 bits per heavy atom. The van der Waals surface area contributed by atoms with Crippen LogP contribution >= 0.6 is 0 Å². The van der Waals surface area contributed by atoms with Gasteiger partial charge in [0.2, 0.25) is 5.78 Å². The highest BCUT2D eigenvalue weighted by Crippen LogP contribution is 2.10. The minimum atomic E-state index is -0.497. The van der Waals surface area contributed by atoms with Gasteiger partial charge in [0.1, 0.15) is 0 Å². The topological polar surface area (TPSA) is 59.1 Å². The summed E-state index contributed by atoms with van der Waals surface area (Å²) in [6.07, 6.45) is 5.33. The number of aromatic nitrogens is 1. The molecular formula is C13H18N2O2. The summed E-state index contributed by atoms with van der Waals surface area (Å²) < 4.78 is 0. The van der Waals surface area contributed by atoms with Crippen LogP contribution < -0.4 is 5.32 Å². The molecule has 0 aliphatic rings. The van der Waals surface area contributed by atoms with Crippen LogP contribution in [0.25, 0.3) is 0 Å². The first-order chi connectivity index (χ1) is 8.15. The van der Waals surface area contributed by atoms with E-state index in [4.69, 9.17) is 0 Å². The van der Waals surface area contributed by atoms with Crippen LogP contribution in [0.3, 0.4) is 0 Å². The number of amides is 1. The van der Waals surface area contributed by atoms with Crippen molar-refractivity contribution in [3.05, 3.63) is 30.1 Å². The Labute approximate surface area is 101 Å². The third-order valence-corrected chi connectivity index (χ3v) is 2.56. The summed E-state index contributed by atoms with van der Waals surface area (Å²) >= 11 is 0. The molecule has 1 aromatic heterocycles. The number of hydrogen-bond donors (Lipinski definition) is 1. The molecule has 0 aromatic carbocycles. The van der Waals surface area contributed by atoms with E-state index >= 15 is 0 Å². The number of carbonyl (C=O) groups is 2. The van der Waals surface area contributed by atoms with Crippen LogP contribution in [0.15, 0.2) is 24.5 Å². The third-order valence-electron chi connectivity index (χ3n) is 2.56. The maximum absolute atomic E-state index is 11.6. The summed E-state index contributed by atoms with van der Waals surface area (Å²) in [5, 5.41) is 2.69. The fourth-order valence-corrected chi connectivity index (χ4v) is 1.46. The van der Waals surface area contributed by atoms with Gasteiger partial charge in [-0.2, -0.15) is 0 Å². The standard InChI is InChI=1S/C13H18N2O2/c1-3-4-5-12(16)13(17)15-10(2)11-6-8-14-9-7-11/h6-10H,3-5H2,1-2H3,(H,15,17). The molecule has 17 heavy (non-hydrogen) atoms. The number of nitrogens with one attached hydrogen (secondary N) is 1. The van der Waals surface area contributed by atoms with Crippen molar-refractivity contribution in [2.24, 2.45) is 0 Å². The van der Waals surface area contributed by atoms with E-state index in [-0.39, 0.29) is 11.8 Å². The van der Waals surface area contributed by atoms with Crippen LogP contribution in [-0.4, -0.2) is 16.7 Å². The molecule has 4 nitrogen and oxygen atoms in total. The predicted molar refractivity (Wildman–Crippen MR) is 65.3 cm³/mol. The number of ketones is 1. The van der Waals surface area contributed by atoms with Gasteiger partial charge in [-0.15, -0.1) is 0 Å². The molecule has 1 heterocycles. The van der Waals surface area contributed by atoms with Gasteiger partial charge in [0.15, 0.2) is 0 Å². The van der Waals surface area contributed by atoms with Crippen molar-refractivity contribution >= 4 is 11.7 Å². The normalized spacial score (nSPS) is 11.9. The molecule has 0 saturated heterocycles. The van der Waals surface area contributed by atoms with E-state index in [1.807, 2.05) is 26.0 Å². The molecule has 4 heteroatoms. The van der Waals surface area contributed by atoms with Gasteiger partial charge >= 0.3 is 0 Å². The van der Waals surface area contributed by atoms with Crippen molar-refractivity contribution in [3.8, 4) is 0 Å². The van der Waals surface area contributed by atoms with Gasteiger partial charge in [-0.1, -0.05) is 13.3 Å². The summed E-state index contributed by atoms with van der Waals surface area (Å²) in [5.74, 6) is -0.837. The van der Waals surface area contributed by atoms with E-state index in [1.165, 1.54) is 0 Å². The Morgan fingerprint density at radius 1 is 1.35 bits per heavy atom. The molecule has 1 amide bonds. The highest BCUT2D eigenvalue weighted by molar-refractivity contribution is 6.36. The minimum absolute atomic E-state index is 0.170. The molecule has 0 spiro atoms. The zero-order valence-electron chi connectivity index (χ0n) is 10.3. The number of nitrogens with zero attached hydrogens (tertiary/aromatic N) is 1. The average Bonchev–Trinajstić information content (AvgIpc) is 2.36. The zero-order valence-corrected chi connectivity index (χ0v) is 10.3. The van der Waals surface area contributed by atoms with Crippen LogP contribution in [0.2, 0.25) is 0 Å². The van der Waals surface area contributed by atoms with Gasteiger partial charge in [0, 0.05) is 18.8 Å². The van der Waals surface area contributed by atoms with Crippen LogP contribution in [0.5, 0.6) is 0 Å². The fraction of sp³-hybridized carbons (Fsp3) is 0.462. The Morgan fingerprint density at radius 3 is 2.59 bits per heavy atom. The molecule has 0 aliphatic carbocycles. The lowest BCUT2D eigenvalue weighted by molar-refractivity contribution is -0.138. The second-order valence-electron chi connectivity index (χ2n) is 4.00. The first-order valence-corrected chi connectivity index (χ1v) is 5.88. The molecule has 1 aromatic rings. The second-order valence-corrected chi connectivity index (χ2v) is 4.00. The first-order valence-electron chi connectivity index (χ1n) is 5.88. The van der Waals surface area contributed by atoms with Crippen molar-refractivity contribution < 1.29 is 9.59 Å². The summed E-state index contributed by atoms with van der Waals surface area (Å²) in [5.41, 5.74) is 0.941. The van der Waals surface area contributed by atoms with E-state index in [0.717, 1.165) is 18.4 Å². The number of carbonyl (C=O) groups excluding carboxylic acids is 2. The summed E-state index contributed by atoms with van der Waals surface area (Å²) in [6.45, 7) is 3.84. The van der Waals surface area contributed by atoms with E-state index < -0.39 is 5.91 Å². The van der Waals surface area contributed by atoms with Gasteiger partial charge in [-0.3, -0.25) is 14.6 Å². The lowest BCUT2D eigenvalue weighted by Crippen LogP contribution is -2.33. The minimum Gasteiger partial charge on any atom is -0.343 e. The largest absolute Gasteiger partial charge is 0.343 e. The molecule has 92 valence electrons. The molecule has 0 saturated carbocycles. The zero-order chi connectivity index (χ0) is 12.7. The first kappa shape index (κ1) is 13.4.